The predicted octanol–water partition coefficient (Wildman–Crippen LogP) is 0.416. The summed E-state index contributed by atoms with van der Waals surface area (Å²) in [5.41, 5.74) is -0.646. The van der Waals surface area contributed by atoms with Crippen LogP contribution in [0.3, 0.4) is 0 Å². The van der Waals surface area contributed by atoms with Gasteiger partial charge in [-0.05, 0) is 28.1 Å². The lowest BCUT2D eigenvalue weighted by atomic mass is 10.5. The van der Waals surface area contributed by atoms with E-state index in [1.807, 2.05) is 0 Å². The molecule has 0 amide bonds. The number of hydrogen-bond acceptors (Lipinski definition) is 4. The third kappa shape index (κ3) is 1.87. The van der Waals surface area contributed by atoms with Gasteiger partial charge in [0.15, 0.2) is 5.82 Å². The Kier molecular flexibility index (Phi) is 2.57. The average molecular weight is 285 g/mol. The molecule has 7 nitrogen and oxygen atoms in total. The molecule has 0 aliphatic rings. The van der Waals surface area contributed by atoms with Gasteiger partial charge in [-0.2, -0.15) is 4.68 Å². The number of aromatic carboxylic acids is 1. The van der Waals surface area contributed by atoms with Gasteiger partial charge in [-0.15, -0.1) is 5.10 Å². The molecular weight excluding hydrogens is 280 g/mol. The molecule has 0 unspecified atom stereocenters. The highest BCUT2D eigenvalue weighted by Gasteiger charge is 2.12. The van der Waals surface area contributed by atoms with Gasteiger partial charge < -0.3 is 5.11 Å². The normalized spacial score (nSPS) is 10.3. The third-order valence-electron chi connectivity index (χ3n) is 1.75. The van der Waals surface area contributed by atoms with E-state index in [2.05, 4.69) is 31.0 Å². The number of aromatic amines is 1. The van der Waals surface area contributed by atoms with Crippen molar-refractivity contribution < 1.29 is 9.90 Å². The van der Waals surface area contributed by atoms with E-state index in [-0.39, 0.29) is 5.82 Å². The average Bonchev–Trinajstić information content (AvgIpc) is 2.62. The van der Waals surface area contributed by atoms with E-state index in [9.17, 15) is 9.59 Å². The van der Waals surface area contributed by atoms with Crippen molar-refractivity contribution in [2.24, 2.45) is 0 Å². The Hall–Kier alpha value is -1.96. The second kappa shape index (κ2) is 3.89. The summed E-state index contributed by atoms with van der Waals surface area (Å²) in [6, 6.07) is 3.21. The summed E-state index contributed by atoms with van der Waals surface area (Å²) in [7, 11) is 0. The predicted molar refractivity (Wildman–Crippen MR) is 56.6 cm³/mol. The number of aromatic nitrogens is 4. The van der Waals surface area contributed by atoms with Crippen molar-refractivity contribution in [2.45, 2.75) is 0 Å². The van der Waals surface area contributed by atoms with Crippen LogP contribution in [0.5, 0.6) is 0 Å². The van der Waals surface area contributed by atoms with E-state index in [1.165, 1.54) is 12.3 Å². The number of pyridine rings is 1. The van der Waals surface area contributed by atoms with Crippen LogP contribution in [0.25, 0.3) is 5.82 Å². The van der Waals surface area contributed by atoms with Crippen molar-refractivity contribution in [1.82, 2.24) is 19.7 Å². The van der Waals surface area contributed by atoms with Crippen LogP contribution in [-0.2, 0) is 0 Å². The minimum Gasteiger partial charge on any atom is -0.475 e. The van der Waals surface area contributed by atoms with E-state index in [1.54, 1.807) is 6.07 Å². The van der Waals surface area contributed by atoms with Crippen LogP contribution < -0.4 is 5.69 Å². The standard InChI is InChI=1S/C8H5BrN4O3/c9-4-1-2-5(10-3-4)13-8(16)11-6(12-13)7(14)15/h1-3H,(H,14,15)(H,11,12,16). The molecular formula is C8H5BrN4O3. The Bertz CT molecular complexity index is 586. The second-order valence-electron chi connectivity index (χ2n) is 2.83. The molecule has 0 saturated heterocycles. The Morgan fingerprint density at radius 2 is 2.25 bits per heavy atom. The van der Waals surface area contributed by atoms with Gasteiger partial charge in [0.1, 0.15) is 0 Å². The maximum absolute atomic E-state index is 11.4. The summed E-state index contributed by atoms with van der Waals surface area (Å²) in [6.45, 7) is 0. The van der Waals surface area contributed by atoms with Crippen LogP contribution in [0.1, 0.15) is 10.6 Å². The molecule has 2 rings (SSSR count). The zero-order valence-corrected chi connectivity index (χ0v) is 9.30. The molecule has 0 bridgehead atoms. The molecule has 0 saturated carbocycles. The van der Waals surface area contributed by atoms with E-state index < -0.39 is 17.5 Å². The third-order valence-corrected chi connectivity index (χ3v) is 2.22. The van der Waals surface area contributed by atoms with Crippen LogP contribution in [-0.4, -0.2) is 30.8 Å². The molecule has 16 heavy (non-hydrogen) atoms. The van der Waals surface area contributed by atoms with Gasteiger partial charge in [0, 0.05) is 10.7 Å². The molecule has 8 heteroatoms. The van der Waals surface area contributed by atoms with E-state index in [4.69, 9.17) is 5.11 Å². The molecule has 0 atom stereocenters. The number of carboxylic acids is 1. The SMILES string of the molecule is O=C(O)c1nn(-c2ccc(Br)cn2)c(=O)[nH]1. The Morgan fingerprint density at radius 1 is 1.50 bits per heavy atom. The first-order chi connectivity index (χ1) is 7.58. The smallest absolute Gasteiger partial charge is 0.373 e. The molecule has 2 aromatic rings. The fourth-order valence-corrected chi connectivity index (χ4v) is 1.30. The number of nitrogens with one attached hydrogen (secondary N) is 1. The van der Waals surface area contributed by atoms with E-state index in [0.29, 0.717) is 0 Å². The molecule has 0 aliphatic heterocycles. The summed E-state index contributed by atoms with van der Waals surface area (Å²) in [5, 5.41) is 12.2. The topological polar surface area (TPSA) is 101 Å². The number of halogens is 1. The number of nitrogens with zero attached hydrogens (tertiary/aromatic N) is 3. The summed E-state index contributed by atoms with van der Waals surface area (Å²) in [5.74, 6) is -1.47. The van der Waals surface area contributed by atoms with Crippen molar-refractivity contribution in [3.05, 3.63) is 39.1 Å². The molecule has 2 aromatic heterocycles. The molecule has 0 radical (unpaired) electrons. The van der Waals surface area contributed by atoms with Gasteiger partial charge in [-0.3, -0.25) is 4.98 Å². The van der Waals surface area contributed by atoms with Gasteiger partial charge in [0.25, 0.3) is 0 Å². The van der Waals surface area contributed by atoms with Gasteiger partial charge in [0.2, 0.25) is 5.82 Å². The highest BCUT2D eigenvalue weighted by molar-refractivity contribution is 9.10. The first kappa shape index (κ1) is 10.6. The molecule has 0 fully saturated rings. The van der Waals surface area contributed by atoms with Crippen LogP contribution in [0, 0.1) is 0 Å². The van der Waals surface area contributed by atoms with Crippen LogP contribution in [0.4, 0.5) is 0 Å². The Balaban J connectivity index is 2.52. The van der Waals surface area contributed by atoms with Crippen molar-refractivity contribution in [3.63, 3.8) is 0 Å². The highest BCUT2D eigenvalue weighted by atomic mass is 79.9. The lowest BCUT2D eigenvalue weighted by Gasteiger charge is -1.96. The highest BCUT2D eigenvalue weighted by Crippen LogP contribution is 2.08. The van der Waals surface area contributed by atoms with Crippen molar-refractivity contribution in [1.29, 1.82) is 0 Å². The van der Waals surface area contributed by atoms with Gasteiger partial charge in [0.05, 0.1) is 0 Å². The number of carbonyl (C=O) groups is 1. The lowest BCUT2D eigenvalue weighted by Crippen LogP contribution is -2.16. The summed E-state index contributed by atoms with van der Waals surface area (Å²) < 4.78 is 1.63. The maximum Gasteiger partial charge on any atom is 0.373 e. The van der Waals surface area contributed by atoms with Crippen LogP contribution in [0.15, 0.2) is 27.6 Å². The monoisotopic (exact) mass is 284 g/mol. The fraction of sp³-hybridized carbons (Fsp3) is 0. The lowest BCUT2D eigenvalue weighted by molar-refractivity contribution is 0.0683. The molecule has 0 aliphatic carbocycles. The molecule has 0 spiro atoms. The number of carboxylic acid groups (broad SMARTS) is 1. The van der Waals surface area contributed by atoms with Crippen molar-refractivity contribution >= 4 is 21.9 Å². The van der Waals surface area contributed by atoms with Gasteiger partial charge in [-0.25, -0.2) is 14.6 Å². The number of rotatable bonds is 2. The van der Waals surface area contributed by atoms with Crippen LogP contribution in [0.2, 0.25) is 0 Å². The van der Waals surface area contributed by atoms with Gasteiger partial charge in [-0.1, -0.05) is 0 Å². The summed E-state index contributed by atoms with van der Waals surface area (Å²) >= 11 is 3.19. The second-order valence-corrected chi connectivity index (χ2v) is 3.75. The number of hydrogen-bond donors (Lipinski definition) is 2. The molecule has 2 N–H and O–H groups in total. The first-order valence-electron chi connectivity index (χ1n) is 4.12. The van der Waals surface area contributed by atoms with Gasteiger partial charge >= 0.3 is 11.7 Å². The minimum absolute atomic E-state index is 0.247. The Morgan fingerprint density at radius 3 is 2.75 bits per heavy atom. The maximum atomic E-state index is 11.4. The zero-order valence-electron chi connectivity index (χ0n) is 7.72. The quantitative estimate of drug-likeness (QED) is 0.832. The largest absolute Gasteiger partial charge is 0.475 e. The number of H-pyrrole nitrogens is 1. The molecule has 82 valence electrons. The van der Waals surface area contributed by atoms with Crippen molar-refractivity contribution in [3.8, 4) is 5.82 Å². The van der Waals surface area contributed by atoms with Crippen molar-refractivity contribution in [2.75, 3.05) is 0 Å². The minimum atomic E-state index is -1.30. The van der Waals surface area contributed by atoms with E-state index in [0.717, 1.165) is 9.15 Å². The van der Waals surface area contributed by atoms with E-state index >= 15 is 0 Å². The zero-order chi connectivity index (χ0) is 11.7. The molecule has 2 heterocycles. The Labute approximate surface area is 96.9 Å². The summed E-state index contributed by atoms with van der Waals surface area (Å²) in [6.07, 6.45) is 1.48. The van der Waals surface area contributed by atoms with Crippen LogP contribution >= 0.6 is 15.9 Å². The first-order valence-corrected chi connectivity index (χ1v) is 4.92. The fourth-order valence-electron chi connectivity index (χ4n) is 1.07. The molecule has 0 aromatic carbocycles. The summed E-state index contributed by atoms with van der Waals surface area (Å²) in [4.78, 5) is 28.0.